The molecule has 0 aliphatic rings. The number of aromatic nitrogens is 5. The molecule has 0 saturated carbocycles. The Labute approximate surface area is 190 Å². The van der Waals surface area contributed by atoms with E-state index in [4.69, 9.17) is 0 Å². The normalized spacial score (nSPS) is 11.5. The van der Waals surface area contributed by atoms with Crippen LogP contribution in [0.2, 0.25) is 0 Å². The third-order valence-corrected chi connectivity index (χ3v) is 6.01. The predicted octanol–water partition coefficient (Wildman–Crippen LogP) is 4.34. The molecular formula is C26H25N5O2. The lowest BCUT2D eigenvalue weighted by atomic mass is 9.95. The van der Waals surface area contributed by atoms with Crippen LogP contribution in [0.5, 0.6) is 0 Å². The van der Waals surface area contributed by atoms with E-state index in [0.717, 1.165) is 38.9 Å². The first-order chi connectivity index (χ1) is 15.8. The Balaban J connectivity index is 1.80. The van der Waals surface area contributed by atoms with E-state index in [1.165, 1.54) is 0 Å². The van der Waals surface area contributed by atoms with Gasteiger partial charge in [-0.2, -0.15) is 5.10 Å². The standard InChI is InChI=1S/C26H25N5O2/c1-16(2)31-13-18(12-27-31)23-10-20-22(15-30(4)26(33)25(20)28-23)19-11-24(32)29(3)14-21(19)17-8-6-5-7-9-17/h5-16,28H,1-4H3. The minimum absolute atomic E-state index is 0.111. The van der Waals surface area contributed by atoms with Crippen LogP contribution >= 0.6 is 0 Å². The Morgan fingerprint density at radius 2 is 1.58 bits per heavy atom. The highest BCUT2D eigenvalue weighted by atomic mass is 16.1. The maximum absolute atomic E-state index is 13.0. The van der Waals surface area contributed by atoms with Crippen LogP contribution in [0.3, 0.4) is 0 Å². The monoisotopic (exact) mass is 439 g/mol. The molecule has 1 N–H and O–H groups in total. The summed E-state index contributed by atoms with van der Waals surface area (Å²) in [5, 5.41) is 5.20. The molecular weight excluding hydrogens is 414 g/mol. The van der Waals surface area contributed by atoms with E-state index >= 15 is 0 Å². The van der Waals surface area contributed by atoms with Gasteiger partial charge in [0.1, 0.15) is 5.52 Å². The van der Waals surface area contributed by atoms with Crippen molar-refractivity contribution >= 4 is 10.9 Å². The average Bonchev–Trinajstić information content (AvgIpc) is 3.46. The van der Waals surface area contributed by atoms with Gasteiger partial charge in [-0.1, -0.05) is 30.3 Å². The number of hydrogen-bond donors (Lipinski definition) is 1. The van der Waals surface area contributed by atoms with Crippen LogP contribution in [0, 0.1) is 0 Å². The van der Waals surface area contributed by atoms with Crippen LogP contribution in [0.4, 0.5) is 0 Å². The van der Waals surface area contributed by atoms with Crippen molar-refractivity contribution in [2.75, 3.05) is 0 Å². The maximum atomic E-state index is 13.0. The summed E-state index contributed by atoms with van der Waals surface area (Å²) >= 11 is 0. The molecule has 0 radical (unpaired) electrons. The second-order valence-corrected chi connectivity index (χ2v) is 8.65. The number of hydrogen-bond acceptors (Lipinski definition) is 3. The summed E-state index contributed by atoms with van der Waals surface area (Å²) in [5.74, 6) is 0. The van der Waals surface area contributed by atoms with Gasteiger partial charge in [0.05, 0.1) is 6.20 Å². The maximum Gasteiger partial charge on any atom is 0.274 e. The van der Waals surface area contributed by atoms with Gasteiger partial charge in [-0.3, -0.25) is 14.3 Å². The Morgan fingerprint density at radius 3 is 2.27 bits per heavy atom. The molecule has 166 valence electrons. The Kier molecular flexibility index (Phi) is 4.89. The Hall–Kier alpha value is -4.13. The summed E-state index contributed by atoms with van der Waals surface area (Å²) in [5.41, 5.74) is 5.51. The van der Waals surface area contributed by atoms with Gasteiger partial charge in [-0.05, 0) is 31.0 Å². The molecule has 4 heterocycles. The smallest absolute Gasteiger partial charge is 0.274 e. The zero-order chi connectivity index (χ0) is 23.3. The third-order valence-electron chi connectivity index (χ3n) is 6.01. The molecule has 33 heavy (non-hydrogen) atoms. The number of aryl methyl sites for hydroxylation is 2. The number of pyridine rings is 2. The lowest BCUT2D eigenvalue weighted by molar-refractivity contribution is 0.532. The highest BCUT2D eigenvalue weighted by Crippen LogP contribution is 2.36. The van der Waals surface area contributed by atoms with E-state index in [1.54, 1.807) is 41.7 Å². The first-order valence-electron chi connectivity index (χ1n) is 10.9. The molecule has 1 aromatic carbocycles. The average molecular weight is 440 g/mol. The summed E-state index contributed by atoms with van der Waals surface area (Å²) in [6.07, 6.45) is 7.42. The number of benzene rings is 1. The van der Waals surface area contributed by atoms with E-state index in [-0.39, 0.29) is 17.2 Å². The van der Waals surface area contributed by atoms with E-state index in [1.807, 2.05) is 53.5 Å². The van der Waals surface area contributed by atoms with Gasteiger partial charge in [-0.15, -0.1) is 0 Å². The van der Waals surface area contributed by atoms with Crippen molar-refractivity contribution in [1.82, 2.24) is 23.9 Å². The molecule has 0 saturated heterocycles. The highest BCUT2D eigenvalue weighted by Gasteiger charge is 2.18. The summed E-state index contributed by atoms with van der Waals surface area (Å²) < 4.78 is 5.02. The van der Waals surface area contributed by atoms with Crippen LogP contribution in [-0.2, 0) is 14.1 Å². The topological polar surface area (TPSA) is 77.6 Å². The van der Waals surface area contributed by atoms with E-state index in [9.17, 15) is 9.59 Å². The van der Waals surface area contributed by atoms with Gasteiger partial charge in [-0.25, -0.2) is 0 Å². The summed E-state index contributed by atoms with van der Waals surface area (Å²) in [7, 11) is 3.47. The fourth-order valence-electron chi connectivity index (χ4n) is 4.16. The number of nitrogens with one attached hydrogen (secondary N) is 1. The van der Waals surface area contributed by atoms with Gasteiger partial charge >= 0.3 is 0 Å². The SMILES string of the molecule is CC(C)n1cc(-c2cc3c(-c4cc(=O)n(C)cc4-c4ccccc4)cn(C)c(=O)c3[nH]2)cn1. The van der Waals surface area contributed by atoms with Crippen molar-refractivity contribution in [3.05, 3.63) is 88.0 Å². The van der Waals surface area contributed by atoms with Crippen molar-refractivity contribution in [3.63, 3.8) is 0 Å². The van der Waals surface area contributed by atoms with Crippen molar-refractivity contribution in [2.24, 2.45) is 14.1 Å². The first-order valence-corrected chi connectivity index (χ1v) is 10.9. The zero-order valence-electron chi connectivity index (χ0n) is 19.0. The molecule has 0 aliphatic heterocycles. The molecule has 0 fully saturated rings. The summed E-state index contributed by atoms with van der Waals surface area (Å²) in [6.45, 7) is 4.13. The van der Waals surface area contributed by atoms with Crippen LogP contribution in [0.1, 0.15) is 19.9 Å². The molecule has 0 bridgehead atoms. The molecule has 7 nitrogen and oxygen atoms in total. The van der Waals surface area contributed by atoms with Gasteiger partial charge in [0.25, 0.3) is 11.1 Å². The Bertz CT molecular complexity index is 1600. The largest absolute Gasteiger partial charge is 0.350 e. The fourth-order valence-corrected chi connectivity index (χ4v) is 4.16. The molecule has 0 spiro atoms. The molecule has 5 aromatic rings. The van der Waals surface area contributed by atoms with E-state index in [0.29, 0.717) is 5.52 Å². The van der Waals surface area contributed by atoms with E-state index in [2.05, 4.69) is 23.9 Å². The van der Waals surface area contributed by atoms with Crippen LogP contribution < -0.4 is 11.1 Å². The zero-order valence-corrected chi connectivity index (χ0v) is 19.0. The number of fused-ring (bicyclic) bond motifs is 1. The number of H-pyrrole nitrogens is 1. The highest BCUT2D eigenvalue weighted by molar-refractivity contribution is 6.00. The molecule has 5 rings (SSSR count). The van der Waals surface area contributed by atoms with Crippen molar-refractivity contribution < 1.29 is 0 Å². The van der Waals surface area contributed by atoms with Gasteiger partial charge in [0.2, 0.25) is 0 Å². The predicted molar refractivity (Wildman–Crippen MR) is 131 cm³/mol. The molecule has 0 atom stereocenters. The van der Waals surface area contributed by atoms with Gasteiger partial charge in [0.15, 0.2) is 0 Å². The lowest BCUT2D eigenvalue weighted by Crippen LogP contribution is -2.18. The summed E-state index contributed by atoms with van der Waals surface area (Å²) in [6, 6.07) is 13.8. The van der Waals surface area contributed by atoms with Crippen LogP contribution in [0.15, 0.2) is 76.8 Å². The quantitative estimate of drug-likeness (QED) is 0.452. The second kappa shape index (κ2) is 7.78. The van der Waals surface area contributed by atoms with Crippen LogP contribution in [0.25, 0.3) is 44.4 Å². The minimum Gasteiger partial charge on any atom is -0.350 e. The molecule has 0 amide bonds. The van der Waals surface area contributed by atoms with Crippen molar-refractivity contribution in [2.45, 2.75) is 19.9 Å². The molecule has 7 heteroatoms. The Morgan fingerprint density at radius 1 is 0.848 bits per heavy atom. The minimum atomic E-state index is -0.124. The first kappa shape index (κ1) is 20.8. The number of nitrogens with zero attached hydrogens (tertiary/aromatic N) is 4. The summed E-state index contributed by atoms with van der Waals surface area (Å²) in [4.78, 5) is 28.9. The van der Waals surface area contributed by atoms with Gasteiger partial charge < -0.3 is 14.1 Å². The van der Waals surface area contributed by atoms with Crippen molar-refractivity contribution in [3.8, 4) is 33.5 Å². The lowest BCUT2D eigenvalue weighted by Gasteiger charge is -2.14. The fraction of sp³-hybridized carbons (Fsp3) is 0.192. The van der Waals surface area contributed by atoms with E-state index < -0.39 is 0 Å². The van der Waals surface area contributed by atoms with Crippen LogP contribution in [-0.4, -0.2) is 23.9 Å². The molecule has 0 unspecified atom stereocenters. The van der Waals surface area contributed by atoms with Crippen molar-refractivity contribution in [1.29, 1.82) is 0 Å². The molecule has 0 aliphatic carbocycles. The molecule has 4 aromatic heterocycles. The van der Waals surface area contributed by atoms with Gasteiger partial charge in [0, 0.05) is 72.6 Å². The second-order valence-electron chi connectivity index (χ2n) is 8.65. The number of rotatable bonds is 4. The number of aromatic amines is 1. The third kappa shape index (κ3) is 3.51.